The van der Waals surface area contributed by atoms with Crippen molar-refractivity contribution in [1.82, 2.24) is 10.3 Å². The van der Waals surface area contributed by atoms with Crippen LogP contribution in [0.15, 0.2) is 66.0 Å². The van der Waals surface area contributed by atoms with E-state index in [0.29, 0.717) is 11.7 Å². The molecule has 1 aromatic heterocycles. The Morgan fingerprint density at radius 2 is 1.68 bits per heavy atom. The van der Waals surface area contributed by atoms with Gasteiger partial charge in [0.15, 0.2) is 5.11 Å². The van der Waals surface area contributed by atoms with Gasteiger partial charge >= 0.3 is 0 Å². The summed E-state index contributed by atoms with van der Waals surface area (Å²) in [5.74, 6) is 0. The quantitative estimate of drug-likeness (QED) is 0.701. The molecule has 0 radical (unpaired) electrons. The van der Waals surface area contributed by atoms with Crippen molar-refractivity contribution in [1.29, 1.82) is 0 Å². The third-order valence-electron chi connectivity index (χ3n) is 3.03. The standard InChI is InChI=1S/C17H15N3S2/c21-17(20-14-9-5-2-6-10-14)18-11-15-12-22-16(19-15)13-7-3-1-4-8-13/h1-10,12H,11H2,(H2,18,20,21). The van der Waals surface area contributed by atoms with E-state index in [9.17, 15) is 0 Å². The second kappa shape index (κ2) is 7.15. The number of aromatic nitrogens is 1. The lowest BCUT2D eigenvalue weighted by atomic mass is 10.2. The third kappa shape index (κ3) is 3.90. The minimum atomic E-state index is 0.598. The van der Waals surface area contributed by atoms with Gasteiger partial charge in [-0.25, -0.2) is 4.98 Å². The molecule has 0 bridgehead atoms. The molecular formula is C17H15N3S2. The molecule has 2 aromatic carbocycles. The van der Waals surface area contributed by atoms with Gasteiger partial charge in [0.05, 0.1) is 12.2 Å². The normalized spacial score (nSPS) is 10.2. The number of hydrogen-bond acceptors (Lipinski definition) is 3. The molecule has 0 atom stereocenters. The first-order valence-corrected chi connectivity index (χ1v) is 8.20. The van der Waals surface area contributed by atoms with Crippen LogP contribution in [0.2, 0.25) is 0 Å². The van der Waals surface area contributed by atoms with Gasteiger partial charge in [-0.3, -0.25) is 0 Å². The van der Waals surface area contributed by atoms with Crippen LogP contribution >= 0.6 is 23.6 Å². The molecule has 110 valence electrons. The van der Waals surface area contributed by atoms with Crippen molar-refractivity contribution in [2.45, 2.75) is 6.54 Å². The van der Waals surface area contributed by atoms with E-state index in [0.717, 1.165) is 22.0 Å². The molecule has 2 N–H and O–H groups in total. The Labute approximate surface area is 139 Å². The Hall–Kier alpha value is -2.24. The zero-order valence-corrected chi connectivity index (χ0v) is 13.5. The lowest BCUT2D eigenvalue weighted by Crippen LogP contribution is -2.27. The second-order valence-electron chi connectivity index (χ2n) is 4.68. The van der Waals surface area contributed by atoms with Gasteiger partial charge in [0.1, 0.15) is 5.01 Å². The molecule has 5 heteroatoms. The van der Waals surface area contributed by atoms with Crippen LogP contribution in [-0.4, -0.2) is 10.1 Å². The topological polar surface area (TPSA) is 37.0 Å². The second-order valence-corrected chi connectivity index (χ2v) is 5.95. The summed E-state index contributed by atoms with van der Waals surface area (Å²) in [4.78, 5) is 4.63. The summed E-state index contributed by atoms with van der Waals surface area (Å²) >= 11 is 6.93. The van der Waals surface area contributed by atoms with E-state index >= 15 is 0 Å². The van der Waals surface area contributed by atoms with Gasteiger partial charge in [-0.15, -0.1) is 11.3 Å². The van der Waals surface area contributed by atoms with E-state index in [-0.39, 0.29) is 0 Å². The van der Waals surface area contributed by atoms with Crippen molar-refractivity contribution in [3.63, 3.8) is 0 Å². The number of nitrogens with zero attached hydrogens (tertiary/aromatic N) is 1. The highest BCUT2D eigenvalue weighted by Gasteiger charge is 2.05. The van der Waals surface area contributed by atoms with E-state index < -0.39 is 0 Å². The van der Waals surface area contributed by atoms with Crippen molar-refractivity contribution in [3.05, 3.63) is 71.7 Å². The monoisotopic (exact) mass is 325 g/mol. The van der Waals surface area contributed by atoms with Crippen LogP contribution in [0.3, 0.4) is 0 Å². The maximum absolute atomic E-state index is 5.29. The number of thiocarbonyl (C=S) groups is 1. The molecule has 3 aromatic rings. The van der Waals surface area contributed by atoms with Crippen molar-refractivity contribution >= 4 is 34.4 Å². The minimum Gasteiger partial charge on any atom is -0.357 e. The molecule has 3 nitrogen and oxygen atoms in total. The number of nitrogens with one attached hydrogen (secondary N) is 2. The largest absolute Gasteiger partial charge is 0.357 e. The highest BCUT2D eigenvalue weighted by molar-refractivity contribution is 7.80. The molecule has 0 saturated carbocycles. The number of benzene rings is 2. The van der Waals surface area contributed by atoms with Crippen LogP contribution in [0.4, 0.5) is 5.69 Å². The Balaban J connectivity index is 1.56. The highest BCUT2D eigenvalue weighted by atomic mass is 32.1. The summed E-state index contributed by atoms with van der Waals surface area (Å²) in [5, 5.41) is 10.0. The number of para-hydroxylation sites is 1. The number of anilines is 1. The van der Waals surface area contributed by atoms with Gasteiger partial charge in [-0.05, 0) is 24.4 Å². The fourth-order valence-electron chi connectivity index (χ4n) is 1.97. The summed E-state index contributed by atoms with van der Waals surface area (Å²) in [6.45, 7) is 0.613. The molecule has 0 aliphatic rings. The first-order valence-electron chi connectivity index (χ1n) is 6.91. The molecular weight excluding hydrogens is 310 g/mol. The van der Waals surface area contributed by atoms with Crippen LogP contribution in [0, 0.1) is 0 Å². The molecule has 22 heavy (non-hydrogen) atoms. The first-order chi connectivity index (χ1) is 10.8. The Morgan fingerprint density at radius 3 is 2.41 bits per heavy atom. The van der Waals surface area contributed by atoms with E-state index in [4.69, 9.17) is 12.2 Å². The van der Waals surface area contributed by atoms with Gasteiger partial charge in [0.25, 0.3) is 0 Å². The lowest BCUT2D eigenvalue weighted by molar-refractivity contribution is 0.894. The number of thiazole rings is 1. The van der Waals surface area contributed by atoms with E-state index in [2.05, 4.69) is 33.1 Å². The van der Waals surface area contributed by atoms with Gasteiger partial charge in [0.2, 0.25) is 0 Å². The zero-order chi connectivity index (χ0) is 15.2. The average Bonchev–Trinajstić information content (AvgIpc) is 3.04. The summed E-state index contributed by atoms with van der Waals surface area (Å²) in [5.41, 5.74) is 3.10. The summed E-state index contributed by atoms with van der Waals surface area (Å²) in [7, 11) is 0. The van der Waals surface area contributed by atoms with Crippen molar-refractivity contribution < 1.29 is 0 Å². The van der Waals surface area contributed by atoms with Gasteiger partial charge in [-0.1, -0.05) is 48.5 Å². The predicted molar refractivity (Wildman–Crippen MR) is 97.1 cm³/mol. The molecule has 0 aliphatic heterocycles. The Kier molecular flexibility index (Phi) is 4.78. The number of rotatable bonds is 4. The number of hydrogen-bond donors (Lipinski definition) is 2. The predicted octanol–water partition coefficient (Wildman–Crippen LogP) is 4.30. The van der Waals surface area contributed by atoms with Crippen LogP contribution < -0.4 is 10.6 Å². The Bertz CT molecular complexity index is 739. The van der Waals surface area contributed by atoms with Crippen LogP contribution in [0.25, 0.3) is 10.6 Å². The van der Waals surface area contributed by atoms with Crippen molar-refractivity contribution in [2.24, 2.45) is 0 Å². The fraction of sp³-hybridized carbons (Fsp3) is 0.0588. The van der Waals surface area contributed by atoms with Crippen LogP contribution in [0.5, 0.6) is 0 Å². The molecule has 3 rings (SSSR count). The van der Waals surface area contributed by atoms with Gasteiger partial charge in [0, 0.05) is 16.6 Å². The molecule has 0 saturated heterocycles. The Morgan fingerprint density at radius 1 is 1.00 bits per heavy atom. The van der Waals surface area contributed by atoms with E-state index in [1.807, 2.05) is 48.5 Å². The molecule has 0 aliphatic carbocycles. The molecule has 0 unspecified atom stereocenters. The third-order valence-corrected chi connectivity index (χ3v) is 4.22. The average molecular weight is 325 g/mol. The van der Waals surface area contributed by atoms with Crippen molar-refractivity contribution in [3.8, 4) is 10.6 Å². The van der Waals surface area contributed by atoms with Crippen LogP contribution in [-0.2, 0) is 6.54 Å². The zero-order valence-electron chi connectivity index (χ0n) is 11.8. The molecule has 1 heterocycles. The molecule has 0 amide bonds. The fourth-order valence-corrected chi connectivity index (χ4v) is 2.98. The summed E-state index contributed by atoms with van der Waals surface area (Å²) in [6, 6.07) is 20.1. The maximum atomic E-state index is 5.29. The molecule has 0 fully saturated rings. The van der Waals surface area contributed by atoms with E-state index in [1.165, 1.54) is 0 Å². The maximum Gasteiger partial charge on any atom is 0.171 e. The highest BCUT2D eigenvalue weighted by Crippen LogP contribution is 2.23. The smallest absolute Gasteiger partial charge is 0.171 e. The lowest BCUT2D eigenvalue weighted by Gasteiger charge is -2.09. The first kappa shape index (κ1) is 14.7. The molecule has 0 spiro atoms. The van der Waals surface area contributed by atoms with Crippen LogP contribution in [0.1, 0.15) is 5.69 Å². The van der Waals surface area contributed by atoms with Crippen molar-refractivity contribution in [2.75, 3.05) is 5.32 Å². The van der Waals surface area contributed by atoms with Gasteiger partial charge < -0.3 is 10.6 Å². The SMILES string of the molecule is S=C(NCc1csc(-c2ccccc2)n1)Nc1ccccc1. The minimum absolute atomic E-state index is 0.598. The summed E-state index contributed by atoms with van der Waals surface area (Å²) in [6.07, 6.45) is 0. The summed E-state index contributed by atoms with van der Waals surface area (Å²) < 4.78 is 0. The van der Waals surface area contributed by atoms with E-state index in [1.54, 1.807) is 11.3 Å². The van der Waals surface area contributed by atoms with Gasteiger partial charge in [-0.2, -0.15) is 0 Å².